The topological polar surface area (TPSA) is 78.5 Å². The number of carbonyl (C=O) groups excluding carboxylic acids is 1. The van der Waals surface area contributed by atoms with Crippen LogP contribution in [0.25, 0.3) is 0 Å². The first-order valence-electron chi connectivity index (χ1n) is 8.68. The van der Waals surface area contributed by atoms with Crippen molar-refractivity contribution >= 4 is 21.6 Å². The second kappa shape index (κ2) is 7.66. The molecular weight excluding hydrogens is 369 g/mol. The quantitative estimate of drug-likeness (QED) is 0.819. The van der Waals surface area contributed by atoms with E-state index in [-0.39, 0.29) is 36.7 Å². The SMILES string of the molecule is CNC(=O)C1(Nc2cccc(F)c2)CCN(S(=O)(=O)c2ccccc2)CC1. The highest BCUT2D eigenvalue weighted by Crippen LogP contribution is 2.30. The van der Waals surface area contributed by atoms with Crippen LogP contribution in [0.15, 0.2) is 59.5 Å². The van der Waals surface area contributed by atoms with Crippen LogP contribution in [0, 0.1) is 5.82 Å². The van der Waals surface area contributed by atoms with Crippen molar-refractivity contribution in [1.29, 1.82) is 0 Å². The predicted molar refractivity (Wildman–Crippen MR) is 101 cm³/mol. The Morgan fingerprint density at radius 1 is 1.07 bits per heavy atom. The molecule has 0 radical (unpaired) electrons. The zero-order valence-corrected chi connectivity index (χ0v) is 15.8. The molecule has 0 aliphatic carbocycles. The lowest BCUT2D eigenvalue weighted by Gasteiger charge is -2.41. The first-order valence-corrected chi connectivity index (χ1v) is 10.1. The number of piperidine rings is 1. The van der Waals surface area contributed by atoms with Gasteiger partial charge in [-0.15, -0.1) is 0 Å². The Bertz CT molecular complexity index is 911. The van der Waals surface area contributed by atoms with Gasteiger partial charge < -0.3 is 10.6 Å². The van der Waals surface area contributed by atoms with Crippen molar-refractivity contribution in [2.45, 2.75) is 23.3 Å². The second-order valence-electron chi connectivity index (χ2n) is 6.51. The van der Waals surface area contributed by atoms with Crippen LogP contribution in [0.2, 0.25) is 0 Å². The van der Waals surface area contributed by atoms with E-state index in [1.807, 2.05) is 0 Å². The van der Waals surface area contributed by atoms with Gasteiger partial charge in [-0.05, 0) is 43.2 Å². The van der Waals surface area contributed by atoms with Gasteiger partial charge in [0, 0.05) is 25.8 Å². The number of nitrogens with one attached hydrogen (secondary N) is 2. The van der Waals surface area contributed by atoms with Crippen LogP contribution in [-0.4, -0.2) is 44.3 Å². The fourth-order valence-corrected chi connectivity index (χ4v) is 4.80. The Morgan fingerprint density at radius 2 is 1.74 bits per heavy atom. The monoisotopic (exact) mass is 391 g/mol. The molecule has 3 rings (SSSR count). The zero-order valence-electron chi connectivity index (χ0n) is 15.0. The van der Waals surface area contributed by atoms with Gasteiger partial charge in [0.25, 0.3) is 0 Å². The summed E-state index contributed by atoms with van der Waals surface area (Å²) in [5.74, 6) is -0.653. The fraction of sp³-hybridized carbons (Fsp3) is 0.316. The molecule has 0 saturated carbocycles. The summed E-state index contributed by atoms with van der Waals surface area (Å²) >= 11 is 0. The van der Waals surface area contributed by atoms with Crippen molar-refractivity contribution in [3.63, 3.8) is 0 Å². The molecule has 1 saturated heterocycles. The average molecular weight is 391 g/mol. The van der Waals surface area contributed by atoms with Gasteiger partial charge in [0.1, 0.15) is 11.4 Å². The van der Waals surface area contributed by atoms with Crippen LogP contribution in [0.4, 0.5) is 10.1 Å². The molecule has 1 aliphatic heterocycles. The molecule has 144 valence electrons. The summed E-state index contributed by atoms with van der Waals surface area (Å²) < 4.78 is 40.5. The number of carbonyl (C=O) groups is 1. The van der Waals surface area contributed by atoms with E-state index in [2.05, 4.69) is 10.6 Å². The van der Waals surface area contributed by atoms with Crippen molar-refractivity contribution in [2.75, 3.05) is 25.5 Å². The largest absolute Gasteiger partial charge is 0.371 e. The van der Waals surface area contributed by atoms with Crippen molar-refractivity contribution in [3.8, 4) is 0 Å². The van der Waals surface area contributed by atoms with Gasteiger partial charge in [-0.3, -0.25) is 4.79 Å². The molecule has 1 heterocycles. The lowest BCUT2D eigenvalue weighted by atomic mass is 9.87. The Morgan fingerprint density at radius 3 is 2.33 bits per heavy atom. The molecule has 8 heteroatoms. The Kier molecular flexibility index (Phi) is 5.48. The summed E-state index contributed by atoms with van der Waals surface area (Å²) in [6.07, 6.45) is 0.546. The minimum Gasteiger partial charge on any atom is -0.371 e. The Balaban J connectivity index is 1.81. The molecule has 2 aromatic carbocycles. The maximum Gasteiger partial charge on any atom is 0.245 e. The number of anilines is 1. The smallest absolute Gasteiger partial charge is 0.245 e. The molecule has 1 aliphatic rings. The summed E-state index contributed by atoms with van der Waals surface area (Å²) in [5.41, 5.74) is -0.511. The van der Waals surface area contributed by atoms with E-state index in [9.17, 15) is 17.6 Å². The van der Waals surface area contributed by atoms with E-state index in [0.717, 1.165) is 0 Å². The maximum atomic E-state index is 13.5. The van der Waals surface area contributed by atoms with E-state index < -0.39 is 21.4 Å². The van der Waals surface area contributed by atoms with Crippen molar-refractivity contribution in [1.82, 2.24) is 9.62 Å². The maximum absolute atomic E-state index is 13.5. The number of amides is 1. The molecule has 2 N–H and O–H groups in total. The normalized spacial score (nSPS) is 17.3. The molecule has 0 spiro atoms. The second-order valence-corrected chi connectivity index (χ2v) is 8.45. The van der Waals surface area contributed by atoms with Crippen molar-refractivity contribution in [2.24, 2.45) is 0 Å². The summed E-state index contributed by atoms with van der Waals surface area (Å²) in [6, 6.07) is 14.1. The first kappa shape index (κ1) is 19.3. The highest BCUT2D eigenvalue weighted by Gasteiger charge is 2.43. The summed E-state index contributed by atoms with van der Waals surface area (Å²) in [5, 5.41) is 5.76. The van der Waals surface area contributed by atoms with Crippen LogP contribution in [0.3, 0.4) is 0 Å². The van der Waals surface area contributed by atoms with Gasteiger partial charge in [0.05, 0.1) is 4.90 Å². The number of sulfonamides is 1. The Hall–Kier alpha value is -2.45. The first-order chi connectivity index (χ1) is 12.9. The molecule has 0 bridgehead atoms. The van der Waals surface area contributed by atoms with Crippen LogP contribution < -0.4 is 10.6 Å². The van der Waals surface area contributed by atoms with E-state index in [1.54, 1.807) is 42.5 Å². The molecule has 1 amide bonds. The van der Waals surface area contributed by atoms with Crippen LogP contribution in [-0.2, 0) is 14.8 Å². The highest BCUT2D eigenvalue weighted by atomic mass is 32.2. The predicted octanol–water partition coefficient (Wildman–Crippen LogP) is 2.21. The van der Waals surface area contributed by atoms with Gasteiger partial charge in [-0.1, -0.05) is 24.3 Å². The van der Waals surface area contributed by atoms with Gasteiger partial charge in [0.2, 0.25) is 15.9 Å². The summed E-state index contributed by atoms with van der Waals surface area (Å²) in [6.45, 7) is 0.375. The third-order valence-electron chi connectivity index (χ3n) is 4.83. The summed E-state index contributed by atoms with van der Waals surface area (Å²) in [4.78, 5) is 12.8. The molecule has 0 unspecified atom stereocenters. The number of likely N-dealkylation sites (N-methyl/N-ethyl adjacent to an activating group) is 1. The molecule has 0 aromatic heterocycles. The highest BCUT2D eigenvalue weighted by molar-refractivity contribution is 7.89. The summed E-state index contributed by atoms with van der Waals surface area (Å²) in [7, 11) is -2.08. The third kappa shape index (κ3) is 3.96. The van der Waals surface area contributed by atoms with Gasteiger partial charge >= 0.3 is 0 Å². The third-order valence-corrected chi connectivity index (χ3v) is 6.74. The minimum atomic E-state index is -3.61. The minimum absolute atomic E-state index is 0.187. The molecular formula is C19H22FN3O3S. The number of halogens is 1. The van der Waals surface area contributed by atoms with Crippen LogP contribution in [0.1, 0.15) is 12.8 Å². The van der Waals surface area contributed by atoms with E-state index in [0.29, 0.717) is 5.69 Å². The van der Waals surface area contributed by atoms with Gasteiger partial charge in [-0.25, -0.2) is 12.8 Å². The van der Waals surface area contributed by atoms with Crippen molar-refractivity contribution < 1.29 is 17.6 Å². The van der Waals surface area contributed by atoms with E-state index >= 15 is 0 Å². The number of rotatable bonds is 5. The molecule has 2 aromatic rings. The Labute approximate surface area is 158 Å². The lowest BCUT2D eigenvalue weighted by molar-refractivity contribution is -0.126. The lowest BCUT2D eigenvalue weighted by Crippen LogP contribution is -2.58. The molecule has 1 fully saturated rings. The van der Waals surface area contributed by atoms with Crippen LogP contribution in [0.5, 0.6) is 0 Å². The van der Waals surface area contributed by atoms with Gasteiger partial charge in [-0.2, -0.15) is 4.31 Å². The molecule has 27 heavy (non-hydrogen) atoms. The zero-order chi connectivity index (χ0) is 19.5. The molecule has 0 atom stereocenters. The van der Waals surface area contributed by atoms with E-state index in [4.69, 9.17) is 0 Å². The van der Waals surface area contributed by atoms with Crippen molar-refractivity contribution in [3.05, 3.63) is 60.4 Å². The fourth-order valence-electron chi connectivity index (χ4n) is 3.34. The average Bonchev–Trinajstić information content (AvgIpc) is 2.68. The number of hydrogen-bond donors (Lipinski definition) is 2. The van der Waals surface area contributed by atoms with Gasteiger partial charge in [0.15, 0.2) is 0 Å². The standard InChI is InChI=1S/C19H22FN3O3S/c1-21-18(24)19(22-16-7-5-6-15(20)14-16)10-12-23(13-11-19)27(25,26)17-8-3-2-4-9-17/h2-9,14,22H,10-13H2,1H3,(H,21,24). The number of hydrogen-bond acceptors (Lipinski definition) is 4. The van der Waals surface area contributed by atoms with Crippen LogP contribution >= 0.6 is 0 Å². The van der Waals surface area contributed by atoms with E-state index in [1.165, 1.54) is 23.5 Å². The number of nitrogens with zero attached hydrogens (tertiary/aromatic N) is 1. The molecule has 6 nitrogen and oxygen atoms in total. The number of benzene rings is 2.